The fraction of sp³-hybridized carbons (Fsp3) is 0.600. The number of carbonyl (C=O) groups excluding carboxylic acids is 1. The average Bonchev–Trinajstić information content (AvgIpc) is 2.58. The van der Waals surface area contributed by atoms with Crippen molar-refractivity contribution in [3.05, 3.63) is 35.9 Å². The number of rotatable bonds is 11. The summed E-state index contributed by atoms with van der Waals surface area (Å²) in [5, 5.41) is 21.4. The second-order valence-corrected chi connectivity index (χ2v) is 7.48. The minimum absolute atomic E-state index is 0.0553. The van der Waals surface area contributed by atoms with Crippen molar-refractivity contribution in [2.24, 2.45) is 0 Å². The molecule has 8 nitrogen and oxygen atoms in total. The Morgan fingerprint density at radius 3 is 2.36 bits per heavy atom. The van der Waals surface area contributed by atoms with Gasteiger partial charge in [-0.3, -0.25) is 0 Å². The molecule has 0 spiro atoms. The highest BCUT2D eigenvalue weighted by Gasteiger charge is 2.24. The van der Waals surface area contributed by atoms with Crippen molar-refractivity contribution < 1.29 is 34.0 Å². The number of amides is 1. The number of aliphatic carboxylic acids is 1. The van der Waals surface area contributed by atoms with Gasteiger partial charge < -0.3 is 29.7 Å². The highest BCUT2D eigenvalue weighted by atomic mass is 16.6. The standard InChI is InChI=1S/C20H31NO7/c1-14(22)17(27-12-15-8-6-5-7-9-15)13-26-11-10-16(18(23)24)21-19(25)28-20(2,3)4/h5-9,14,16-17,22H,10-13H2,1-4H3,(H,21,25)(H,23,24)/t14-,16?,17+/m0/s1. The number of hydrogen-bond acceptors (Lipinski definition) is 6. The number of alkyl carbamates (subject to hydrolysis) is 1. The van der Waals surface area contributed by atoms with E-state index in [1.165, 1.54) is 0 Å². The molecule has 1 aromatic carbocycles. The molecular formula is C20H31NO7. The lowest BCUT2D eigenvalue weighted by atomic mass is 10.2. The first-order valence-corrected chi connectivity index (χ1v) is 9.22. The van der Waals surface area contributed by atoms with Crippen LogP contribution >= 0.6 is 0 Å². The van der Waals surface area contributed by atoms with Crippen LogP contribution in [0.15, 0.2) is 30.3 Å². The van der Waals surface area contributed by atoms with Gasteiger partial charge in [0.2, 0.25) is 0 Å². The summed E-state index contributed by atoms with van der Waals surface area (Å²) in [5.41, 5.74) is 0.255. The number of hydrogen-bond donors (Lipinski definition) is 3. The molecule has 0 aromatic heterocycles. The number of carboxylic acid groups (broad SMARTS) is 1. The third-order valence-corrected chi connectivity index (χ3v) is 3.67. The first-order chi connectivity index (χ1) is 13.1. The number of ether oxygens (including phenoxy) is 3. The molecule has 0 heterocycles. The lowest BCUT2D eigenvalue weighted by Crippen LogP contribution is -2.44. The van der Waals surface area contributed by atoms with Gasteiger partial charge in [0, 0.05) is 13.0 Å². The summed E-state index contributed by atoms with van der Waals surface area (Å²) in [5.74, 6) is -1.18. The molecule has 3 N–H and O–H groups in total. The van der Waals surface area contributed by atoms with Crippen LogP contribution in [0.5, 0.6) is 0 Å². The van der Waals surface area contributed by atoms with Gasteiger partial charge in [0.15, 0.2) is 0 Å². The Morgan fingerprint density at radius 1 is 1.18 bits per heavy atom. The predicted octanol–water partition coefficient (Wildman–Crippen LogP) is 2.34. The molecule has 0 radical (unpaired) electrons. The third kappa shape index (κ3) is 10.2. The van der Waals surface area contributed by atoms with E-state index in [1.807, 2.05) is 30.3 Å². The van der Waals surface area contributed by atoms with E-state index in [-0.39, 0.29) is 19.6 Å². The quantitative estimate of drug-likeness (QED) is 0.491. The second kappa shape index (κ2) is 11.6. The minimum Gasteiger partial charge on any atom is -0.480 e. The van der Waals surface area contributed by atoms with Crippen LogP contribution in [0.1, 0.15) is 39.7 Å². The van der Waals surface area contributed by atoms with Crippen molar-refractivity contribution >= 4 is 12.1 Å². The van der Waals surface area contributed by atoms with Gasteiger partial charge in [0.05, 0.1) is 19.3 Å². The molecule has 1 unspecified atom stereocenters. The second-order valence-electron chi connectivity index (χ2n) is 7.48. The number of carboxylic acids is 1. The van der Waals surface area contributed by atoms with Crippen LogP contribution in [0.3, 0.4) is 0 Å². The highest BCUT2D eigenvalue weighted by molar-refractivity contribution is 5.79. The van der Waals surface area contributed by atoms with Crippen molar-refractivity contribution in [3.63, 3.8) is 0 Å². The van der Waals surface area contributed by atoms with Crippen LogP contribution < -0.4 is 5.32 Å². The largest absolute Gasteiger partial charge is 0.480 e. The molecule has 0 aliphatic carbocycles. The molecule has 0 aliphatic rings. The van der Waals surface area contributed by atoms with Crippen LogP contribution in [0, 0.1) is 0 Å². The lowest BCUT2D eigenvalue weighted by Gasteiger charge is -2.23. The Bertz CT molecular complexity index is 598. The van der Waals surface area contributed by atoms with E-state index in [1.54, 1.807) is 27.7 Å². The van der Waals surface area contributed by atoms with Gasteiger partial charge in [-0.25, -0.2) is 9.59 Å². The molecule has 28 heavy (non-hydrogen) atoms. The molecule has 0 saturated carbocycles. The summed E-state index contributed by atoms with van der Waals surface area (Å²) in [6, 6.07) is 8.40. The topological polar surface area (TPSA) is 114 Å². The summed E-state index contributed by atoms with van der Waals surface area (Å²) in [4.78, 5) is 23.0. The van der Waals surface area contributed by atoms with Crippen molar-refractivity contribution in [1.82, 2.24) is 5.32 Å². The summed E-state index contributed by atoms with van der Waals surface area (Å²) in [6.45, 7) is 7.18. The molecule has 158 valence electrons. The van der Waals surface area contributed by atoms with Crippen LogP contribution in [-0.2, 0) is 25.6 Å². The van der Waals surface area contributed by atoms with Gasteiger partial charge in [-0.05, 0) is 33.3 Å². The zero-order chi connectivity index (χ0) is 21.2. The number of aliphatic hydroxyl groups is 1. The molecule has 1 aromatic rings. The molecule has 1 amide bonds. The first kappa shape index (κ1) is 23.9. The lowest BCUT2D eigenvalue weighted by molar-refractivity contribution is -0.140. The Balaban J connectivity index is 2.40. The molecule has 0 aliphatic heterocycles. The van der Waals surface area contributed by atoms with Crippen molar-refractivity contribution in [3.8, 4) is 0 Å². The smallest absolute Gasteiger partial charge is 0.408 e. The average molecular weight is 397 g/mol. The highest BCUT2D eigenvalue weighted by Crippen LogP contribution is 2.09. The maximum absolute atomic E-state index is 11.7. The first-order valence-electron chi connectivity index (χ1n) is 9.22. The van der Waals surface area contributed by atoms with E-state index in [2.05, 4.69) is 5.32 Å². The van der Waals surface area contributed by atoms with Gasteiger partial charge in [0.1, 0.15) is 17.7 Å². The minimum atomic E-state index is -1.18. The molecule has 0 fully saturated rings. The van der Waals surface area contributed by atoms with Crippen LogP contribution in [0.2, 0.25) is 0 Å². The number of benzene rings is 1. The van der Waals surface area contributed by atoms with Gasteiger partial charge in [-0.1, -0.05) is 30.3 Å². The summed E-state index contributed by atoms with van der Waals surface area (Å²) < 4.78 is 16.2. The maximum atomic E-state index is 11.7. The number of aliphatic hydroxyl groups excluding tert-OH is 1. The third-order valence-electron chi connectivity index (χ3n) is 3.67. The zero-order valence-electron chi connectivity index (χ0n) is 16.9. The molecule has 8 heteroatoms. The summed E-state index contributed by atoms with van der Waals surface area (Å²) in [6.07, 6.45) is -2.05. The SMILES string of the molecule is C[C@H](O)[C@@H](COCCC(NC(=O)OC(C)(C)C)C(=O)O)OCc1ccccc1. The molecular weight excluding hydrogens is 366 g/mol. The Morgan fingerprint density at radius 2 is 1.82 bits per heavy atom. The fourth-order valence-corrected chi connectivity index (χ4v) is 2.21. The fourth-order valence-electron chi connectivity index (χ4n) is 2.21. The Kier molecular flexibility index (Phi) is 9.92. The summed E-state index contributed by atoms with van der Waals surface area (Å²) >= 11 is 0. The van der Waals surface area contributed by atoms with E-state index in [0.29, 0.717) is 6.61 Å². The van der Waals surface area contributed by atoms with E-state index >= 15 is 0 Å². The number of carbonyl (C=O) groups is 2. The Labute approximate surface area is 165 Å². The van der Waals surface area contributed by atoms with E-state index in [0.717, 1.165) is 5.56 Å². The van der Waals surface area contributed by atoms with Crippen molar-refractivity contribution in [2.75, 3.05) is 13.2 Å². The van der Waals surface area contributed by atoms with Gasteiger partial charge in [-0.2, -0.15) is 0 Å². The van der Waals surface area contributed by atoms with E-state index in [4.69, 9.17) is 14.2 Å². The Hall–Kier alpha value is -2.16. The van der Waals surface area contributed by atoms with Gasteiger partial charge >= 0.3 is 12.1 Å². The van der Waals surface area contributed by atoms with Crippen molar-refractivity contribution in [1.29, 1.82) is 0 Å². The molecule has 1 rings (SSSR count). The van der Waals surface area contributed by atoms with Crippen molar-refractivity contribution in [2.45, 2.75) is 64.6 Å². The monoisotopic (exact) mass is 397 g/mol. The van der Waals surface area contributed by atoms with E-state index in [9.17, 15) is 19.8 Å². The van der Waals surface area contributed by atoms with Crippen LogP contribution in [0.25, 0.3) is 0 Å². The normalized spacial score (nSPS) is 14.8. The predicted molar refractivity (Wildman–Crippen MR) is 103 cm³/mol. The van der Waals surface area contributed by atoms with Gasteiger partial charge in [-0.15, -0.1) is 0 Å². The van der Waals surface area contributed by atoms with Crippen LogP contribution in [-0.4, -0.2) is 59.3 Å². The maximum Gasteiger partial charge on any atom is 0.408 e. The molecule has 0 saturated heterocycles. The molecule has 0 bridgehead atoms. The summed E-state index contributed by atoms with van der Waals surface area (Å²) in [7, 11) is 0. The molecule has 3 atom stereocenters. The van der Waals surface area contributed by atoms with Crippen LogP contribution in [0.4, 0.5) is 4.79 Å². The van der Waals surface area contributed by atoms with E-state index < -0.39 is 35.9 Å². The van der Waals surface area contributed by atoms with Gasteiger partial charge in [0.25, 0.3) is 0 Å². The zero-order valence-corrected chi connectivity index (χ0v) is 16.9. The number of nitrogens with one attached hydrogen (secondary N) is 1.